The number of nitrogens with one attached hydrogen (secondary N) is 1. The van der Waals surface area contributed by atoms with Gasteiger partial charge in [-0.05, 0) is 70.5 Å². The molecule has 0 aliphatic carbocycles. The first-order valence-corrected chi connectivity index (χ1v) is 18.0. The van der Waals surface area contributed by atoms with Gasteiger partial charge in [0.05, 0.1) is 22.8 Å². The van der Waals surface area contributed by atoms with E-state index < -0.39 is 5.60 Å². The number of carbonyl (C=O) groups excluding carboxylic acids is 1. The molecule has 2 aromatic heterocycles. The number of ether oxygens (including phenoxy) is 2. The minimum absolute atomic E-state index is 0.319. The third kappa shape index (κ3) is 7.98. The lowest BCUT2D eigenvalue weighted by atomic mass is 9.98. The fourth-order valence-electron chi connectivity index (χ4n) is 6.83. The Bertz CT molecular complexity index is 1910. The molecule has 0 atom stereocenters. The Morgan fingerprint density at radius 1 is 0.939 bits per heavy atom. The van der Waals surface area contributed by atoms with Gasteiger partial charge in [-0.15, -0.1) is 0 Å². The van der Waals surface area contributed by atoms with Crippen molar-refractivity contribution in [2.24, 2.45) is 7.05 Å². The van der Waals surface area contributed by atoms with Gasteiger partial charge in [-0.25, -0.2) is 4.79 Å². The van der Waals surface area contributed by atoms with E-state index in [0.717, 1.165) is 94.6 Å². The summed E-state index contributed by atoms with van der Waals surface area (Å²) in [6, 6.07) is 18.4. The van der Waals surface area contributed by atoms with Crippen molar-refractivity contribution in [1.82, 2.24) is 24.6 Å². The Balaban J connectivity index is 0.00000230. The number of benzene rings is 3. The van der Waals surface area contributed by atoms with Gasteiger partial charge in [-0.3, -0.25) is 9.58 Å². The number of esters is 1. The Hall–Kier alpha value is -3.85. The number of hydrogen-bond acceptors (Lipinski definition) is 6. The number of piperazine rings is 1. The highest BCUT2D eigenvalue weighted by Crippen LogP contribution is 2.42. The van der Waals surface area contributed by atoms with Crippen molar-refractivity contribution in [3.05, 3.63) is 82.3 Å². The molecule has 3 aromatic carbocycles. The van der Waals surface area contributed by atoms with Gasteiger partial charge < -0.3 is 19.4 Å². The molecule has 1 N–H and O–H groups in total. The molecular formula is C40H52ClN5O3. The lowest BCUT2D eigenvalue weighted by Gasteiger charge is -2.28. The summed E-state index contributed by atoms with van der Waals surface area (Å²) in [5.74, 6) is 0.547. The molecule has 1 saturated heterocycles. The Kier molecular flexibility index (Phi) is 11.7. The second kappa shape index (κ2) is 15.8. The number of rotatable bonds is 10. The van der Waals surface area contributed by atoms with Crippen molar-refractivity contribution in [3.63, 3.8) is 0 Å². The van der Waals surface area contributed by atoms with Gasteiger partial charge >= 0.3 is 5.97 Å². The van der Waals surface area contributed by atoms with Crippen LogP contribution in [0.3, 0.4) is 0 Å². The predicted molar refractivity (Wildman–Crippen MR) is 202 cm³/mol. The van der Waals surface area contributed by atoms with Crippen LogP contribution < -0.4 is 10.1 Å². The van der Waals surface area contributed by atoms with Gasteiger partial charge in [0.25, 0.3) is 0 Å². The van der Waals surface area contributed by atoms with Crippen LogP contribution in [0.1, 0.15) is 68.5 Å². The minimum atomic E-state index is -0.650. The molecule has 6 rings (SSSR count). The predicted octanol–water partition coefficient (Wildman–Crippen LogP) is 8.36. The topological polar surface area (TPSA) is 73.6 Å². The normalized spacial score (nSPS) is 13.8. The average molecular weight is 686 g/mol. The largest absolute Gasteiger partial charge is 0.493 e. The van der Waals surface area contributed by atoms with E-state index in [1.807, 2.05) is 83.6 Å². The van der Waals surface area contributed by atoms with Crippen LogP contribution in [0.2, 0.25) is 5.02 Å². The molecule has 0 bridgehead atoms. The van der Waals surface area contributed by atoms with Crippen molar-refractivity contribution in [1.29, 1.82) is 0 Å². The van der Waals surface area contributed by atoms with Crippen LogP contribution in [0.25, 0.3) is 32.8 Å². The standard InChI is InChI=1S/C38H46ClN5O3.C2H6/c1-25-33(26(2)42(6)41-25)34-31(39)17-16-30-29(14-10-24-46-32-15-9-12-27-11-7-8-13-28(27)32)36(37(45)47-38(3,4)5)44(35(30)34)23-22-43-20-18-40-19-21-43;1-2/h7-9,11-13,15-17,40H,10,14,18-24H2,1-6H3;1-2H3. The van der Waals surface area contributed by atoms with Crippen molar-refractivity contribution in [2.75, 3.05) is 39.3 Å². The third-order valence-electron chi connectivity index (χ3n) is 9.06. The summed E-state index contributed by atoms with van der Waals surface area (Å²) in [6.45, 7) is 19.6. The van der Waals surface area contributed by atoms with Crippen LogP contribution in [0.4, 0.5) is 0 Å². The van der Waals surface area contributed by atoms with Gasteiger partial charge in [0, 0.05) is 73.9 Å². The Morgan fingerprint density at radius 3 is 2.35 bits per heavy atom. The minimum Gasteiger partial charge on any atom is -0.493 e. The number of halogens is 1. The molecule has 0 unspecified atom stereocenters. The molecule has 1 aliphatic rings. The van der Waals surface area contributed by atoms with E-state index in [1.165, 1.54) is 0 Å². The van der Waals surface area contributed by atoms with Gasteiger partial charge in [0.2, 0.25) is 0 Å². The molecule has 5 aromatic rings. The first-order valence-electron chi connectivity index (χ1n) is 17.6. The third-order valence-corrected chi connectivity index (χ3v) is 9.37. The SMILES string of the molecule is CC.Cc1nn(C)c(C)c1-c1c(Cl)ccc2c(CCCOc3cccc4ccccc34)c(C(=O)OC(C)(C)C)n(CCN3CCNCC3)c12. The number of carbonyl (C=O) groups is 1. The maximum atomic E-state index is 14.2. The molecule has 49 heavy (non-hydrogen) atoms. The summed E-state index contributed by atoms with van der Waals surface area (Å²) in [4.78, 5) is 16.7. The van der Waals surface area contributed by atoms with Crippen molar-refractivity contribution in [3.8, 4) is 16.9 Å². The lowest BCUT2D eigenvalue weighted by molar-refractivity contribution is 0.00561. The van der Waals surface area contributed by atoms with Crippen LogP contribution in [-0.2, 0) is 24.8 Å². The molecule has 3 heterocycles. The van der Waals surface area contributed by atoms with E-state index in [4.69, 9.17) is 26.2 Å². The summed E-state index contributed by atoms with van der Waals surface area (Å²) < 4.78 is 16.5. The molecular weight excluding hydrogens is 634 g/mol. The number of hydrogen-bond donors (Lipinski definition) is 1. The number of aryl methyl sites for hydroxylation is 3. The highest BCUT2D eigenvalue weighted by Gasteiger charge is 2.31. The molecule has 8 nitrogen and oxygen atoms in total. The summed E-state index contributed by atoms with van der Waals surface area (Å²) >= 11 is 7.10. The van der Waals surface area contributed by atoms with Crippen molar-refractivity contribution in [2.45, 2.75) is 73.5 Å². The summed E-state index contributed by atoms with van der Waals surface area (Å²) in [7, 11) is 1.96. The summed E-state index contributed by atoms with van der Waals surface area (Å²) in [5, 5.41) is 12.1. The van der Waals surface area contributed by atoms with E-state index in [9.17, 15) is 4.79 Å². The van der Waals surface area contributed by atoms with E-state index in [2.05, 4.69) is 46.0 Å². The van der Waals surface area contributed by atoms with Gasteiger partial charge in [-0.2, -0.15) is 5.10 Å². The molecule has 0 spiro atoms. The number of fused-ring (bicyclic) bond motifs is 2. The van der Waals surface area contributed by atoms with Crippen molar-refractivity contribution < 1.29 is 14.3 Å². The summed E-state index contributed by atoms with van der Waals surface area (Å²) in [6.07, 6.45) is 1.36. The second-order valence-corrected chi connectivity index (χ2v) is 13.9. The fourth-order valence-corrected chi connectivity index (χ4v) is 7.08. The zero-order chi connectivity index (χ0) is 35.3. The fraction of sp³-hybridized carbons (Fsp3) is 0.450. The van der Waals surface area contributed by atoms with Crippen LogP contribution in [0, 0.1) is 13.8 Å². The summed E-state index contributed by atoms with van der Waals surface area (Å²) in [5.41, 5.74) is 5.71. The smallest absolute Gasteiger partial charge is 0.355 e. The quantitative estimate of drug-likeness (QED) is 0.118. The molecule has 1 aliphatic heterocycles. The molecule has 0 radical (unpaired) electrons. The highest BCUT2D eigenvalue weighted by atomic mass is 35.5. The Labute approximate surface area is 296 Å². The second-order valence-electron chi connectivity index (χ2n) is 13.5. The van der Waals surface area contributed by atoms with Crippen LogP contribution in [0.15, 0.2) is 54.6 Å². The maximum Gasteiger partial charge on any atom is 0.355 e. The van der Waals surface area contributed by atoms with Crippen molar-refractivity contribution >= 4 is 39.2 Å². The van der Waals surface area contributed by atoms with Crippen LogP contribution in [0.5, 0.6) is 5.75 Å². The van der Waals surface area contributed by atoms with Gasteiger partial charge in [0.15, 0.2) is 0 Å². The molecule has 0 saturated carbocycles. The molecule has 1 fully saturated rings. The van der Waals surface area contributed by atoms with E-state index in [0.29, 0.717) is 30.3 Å². The monoisotopic (exact) mass is 685 g/mol. The highest BCUT2D eigenvalue weighted by molar-refractivity contribution is 6.35. The zero-order valence-corrected chi connectivity index (χ0v) is 31.2. The first-order chi connectivity index (χ1) is 23.5. The van der Waals surface area contributed by atoms with Crippen LogP contribution in [-0.4, -0.2) is 70.1 Å². The zero-order valence-electron chi connectivity index (χ0n) is 30.5. The van der Waals surface area contributed by atoms with Gasteiger partial charge in [0.1, 0.15) is 17.0 Å². The van der Waals surface area contributed by atoms with E-state index in [-0.39, 0.29) is 5.97 Å². The Morgan fingerprint density at radius 2 is 1.65 bits per heavy atom. The molecule has 0 amide bonds. The van der Waals surface area contributed by atoms with Crippen LogP contribution >= 0.6 is 11.6 Å². The first kappa shape index (κ1) is 36.4. The number of nitrogens with zero attached hydrogens (tertiary/aromatic N) is 4. The van der Waals surface area contributed by atoms with E-state index >= 15 is 0 Å². The molecule has 262 valence electrons. The van der Waals surface area contributed by atoms with Gasteiger partial charge in [-0.1, -0.05) is 67.9 Å². The van der Waals surface area contributed by atoms with E-state index in [1.54, 1.807) is 0 Å². The maximum absolute atomic E-state index is 14.2. The lowest BCUT2D eigenvalue weighted by Crippen LogP contribution is -2.44. The average Bonchev–Trinajstić information content (AvgIpc) is 3.53. The number of aromatic nitrogens is 3. The molecule has 9 heteroatoms.